The number of halogens is 1. The van der Waals surface area contributed by atoms with Crippen LogP contribution in [0.3, 0.4) is 0 Å². The lowest BCUT2D eigenvalue weighted by molar-refractivity contribution is 0.625. The van der Waals surface area contributed by atoms with Crippen LogP contribution in [-0.4, -0.2) is 9.55 Å². The minimum atomic E-state index is 0.304. The van der Waals surface area contributed by atoms with Gasteiger partial charge in [-0.15, -0.1) is 11.3 Å². The smallest absolute Gasteiger partial charge is 0.153 e. The van der Waals surface area contributed by atoms with E-state index in [2.05, 4.69) is 23.8 Å². The number of fused-ring (bicyclic) bond motifs is 1. The minimum Gasteiger partial charge on any atom is -0.397 e. The molecule has 0 aliphatic heterocycles. The number of nitrogens with zero attached hydrogens (tertiary/aromatic N) is 2. The van der Waals surface area contributed by atoms with Crippen LogP contribution in [0.25, 0.3) is 21.7 Å². The van der Waals surface area contributed by atoms with Gasteiger partial charge in [0.15, 0.2) is 5.82 Å². The summed E-state index contributed by atoms with van der Waals surface area (Å²) in [5.41, 5.74) is 10.1. The van der Waals surface area contributed by atoms with Gasteiger partial charge in [0, 0.05) is 11.1 Å². The average molecular weight is 306 g/mol. The van der Waals surface area contributed by atoms with E-state index in [9.17, 15) is 0 Å². The van der Waals surface area contributed by atoms with Crippen LogP contribution in [0.15, 0.2) is 23.6 Å². The second-order valence-electron chi connectivity index (χ2n) is 5.19. The van der Waals surface area contributed by atoms with Crippen molar-refractivity contribution in [3.8, 4) is 10.7 Å². The van der Waals surface area contributed by atoms with Gasteiger partial charge in [0.2, 0.25) is 0 Å². The summed E-state index contributed by atoms with van der Waals surface area (Å²) in [6.07, 6.45) is 0. The first kappa shape index (κ1) is 13.5. The molecule has 0 saturated heterocycles. The van der Waals surface area contributed by atoms with Crippen LogP contribution in [0, 0.1) is 6.92 Å². The molecule has 3 rings (SSSR count). The molecule has 0 radical (unpaired) electrons. The Labute approximate surface area is 127 Å². The van der Waals surface area contributed by atoms with E-state index in [1.807, 2.05) is 25.1 Å². The van der Waals surface area contributed by atoms with Gasteiger partial charge in [-0.3, -0.25) is 0 Å². The molecular weight excluding hydrogens is 290 g/mol. The maximum absolute atomic E-state index is 6.19. The highest BCUT2D eigenvalue weighted by Crippen LogP contribution is 2.37. The monoisotopic (exact) mass is 305 g/mol. The van der Waals surface area contributed by atoms with Crippen LogP contribution < -0.4 is 5.73 Å². The molecule has 3 nitrogen and oxygen atoms in total. The predicted molar refractivity (Wildman–Crippen MR) is 87.6 cm³/mol. The van der Waals surface area contributed by atoms with Crippen LogP contribution >= 0.6 is 22.9 Å². The molecule has 0 aliphatic carbocycles. The molecule has 0 atom stereocenters. The summed E-state index contributed by atoms with van der Waals surface area (Å²) >= 11 is 7.71. The van der Waals surface area contributed by atoms with Crippen molar-refractivity contribution in [2.45, 2.75) is 26.8 Å². The Hall–Kier alpha value is -1.52. The SMILES string of the molecule is Cc1csc(-c2nc3cc(Cl)ccc3n2C(C)C)c1N. The van der Waals surface area contributed by atoms with Gasteiger partial charge in [-0.2, -0.15) is 0 Å². The highest BCUT2D eigenvalue weighted by molar-refractivity contribution is 7.14. The van der Waals surface area contributed by atoms with Crippen molar-refractivity contribution in [3.63, 3.8) is 0 Å². The van der Waals surface area contributed by atoms with Gasteiger partial charge in [0.05, 0.1) is 21.6 Å². The van der Waals surface area contributed by atoms with Crippen molar-refractivity contribution < 1.29 is 0 Å². The molecule has 2 N–H and O–H groups in total. The molecule has 1 aromatic carbocycles. The second kappa shape index (κ2) is 4.79. The fourth-order valence-electron chi connectivity index (χ4n) is 2.38. The lowest BCUT2D eigenvalue weighted by Crippen LogP contribution is -2.03. The van der Waals surface area contributed by atoms with E-state index in [1.165, 1.54) is 0 Å². The van der Waals surface area contributed by atoms with Gasteiger partial charge in [0.1, 0.15) is 0 Å². The van der Waals surface area contributed by atoms with E-state index in [0.29, 0.717) is 11.1 Å². The largest absolute Gasteiger partial charge is 0.397 e. The Morgan fingerprint density at radius 3 is 2.70 bits per heavy atom. The molecule has 20 heavy (non-hydrogen) atoms. The quantitative estimate of drug-likeness (QED) is 0.732. The molecule has 0 amide bonds. The number of rotatable bonds is 2. The summed E-state index contributed by atoms with van der Waals surface area (Å²) in [5.74, 6) is 0.924. The lowest BCUT2D eigenvalue weighted by Gasteiger charge is -2.12. The topological polar surface area (TPSA) is 43.8 Å². The number of anilines is 1. The number of nitrogens with two attached hydrogens (primary N) is 1. The summed E-state index contributed by atoms with van der Waals surface area (Å²) in [7, 11) is 0. The van der Waals surface area contributed by atoms with Crippen molar-refractivity contribution in [3.05, 3.63) is 34.2 Å². The molecule has 0 fully saturated rings. The minimum absolute atomic E-state index is 0.304. The molecular formula is C15H16ClN3S. The Morgan fingerprint density at radius 1 is 1.35 bits per heavy atom. The highest BCUT2D eigenvalue weighted by Gasteiger charge is 2.19. The number of imidazole rings is 1. The van der Waals surface area contributed by atoms with Crippen molar-refractivity contribution in [2.75, 3.05) is 5.73 Å². The Balaban J connectivity index is 2.35. The van der Waals surface area contributed by atoms with Crippen molar-refractivity contribution in [2.24, 2.45) is 0 Å². The summed E-state index contributed by atoms with van der Waals surface area (Å²) < 4.78 is 2.22. The Kier molecular flexibility index (Phi) is 3.22. The third kappa shape index (κ3) is 2.00. The predicted octanol–water partition coefficient (Wildman–Crippen LogP) is 4.89. The number of aryl methyl sites for hydroxylation is 1. The van der Waals surface area contributed by atoms with Crippen LogP contribution in [0.2, 0.25) is 5.02 Å². The molecule has 0 spiro atoms. The Bertz CT molecular complexity index is 786. The van der Waals surface area contributed by atoms with E-state index >= 15 is 0 Å². The van der Waals surface area contributed by atoms with Crippen LogP contribution in [0.1, 0.15) is 25.5 Å². The van der Waals surface area contributed by atoms with Gasteiger partial charge in [-0.25, -0.2) is 4.98 Å². The fraction of sp³-hybridized carbons (Fsp3) is 0.267. The number of aromatic nitrogens is 2. The zero-order valence-corrected chi connectivity index (χ0v) is 13.2. The summed E-state index contributed by atoms with van der Waals surface area (Å²) in [5, 5.41) is 2.77. The maximum atomic E-state index is 6.19. The molecule has 104 valence electrons. The first-order valence-electron chi connectivity index (χ1n) is 6.50. The third-order valence-electron chi connectivity index (χ3n) is 3.39. The molecule has 0 saturated carbocycles. The number of nitrogen functional groups attached to an aromatic ring is 1. The molecule has 2 aromatic heterocycles. The van der Waals surface area contributed by atoms with Gasteiger partial charge >= 0.3 is 0 Å². The van der Waals surface area contributed by atoms with Crippen LogP contribution in [-0.2, 0) is 0 Å². The van der Waals surface area contributed by atoms with E-state index in [0.717, 1.165) is 33.0 Å². The van der Waals surface area contributed by atoms with E-state index in [4.69, 9.17) is 22.3 Å². The van der Waals surface area contributed by atoms with Gasteiger partial charge in [-0.05, 0) is 49.9 Å². The Morgan fingerprint density at radius 2 is 2.10 bits per heavy atom. The zero-order chi connectivity index (χ0) is 14.4. The average Bonchev–Trinajstić information content (AvgIpc) is 2.90. The van der Waals surface area contributed by atoms with Gasteiger partial charge in [0.25, 0.3) is 0 Å². The first-order valence-corrected chi connectivity index (χ1v) is 7.76. The number of thiophene rings is 1. The number of benzene rings is 1. The van der Waals surface area contributed by atoms with E-state index in [1.54, 1.807) is 11.3 Å². The molecule has 2 heterocycles. The summed E-state index contributed by atoms with van der Waals surface area (Å²) in [4.78, 5) is 5.78. The van der Waals surface area contributed by atoms with Crippen LogP contribution in [0.5, 0.6) is 0 Å². The molecule has 0 unspecified atom stereocenters. The normalized spacial score (nSPS) is 11.7. The number of hydrogen-bond donors (Lipinski definition) is 1. The molecule has 5 heteroatoms. The van der Waals surface area contributed by atoms with Crippen molar-refractivity contribution >= 4 is 39.7 Å². The van der Waals surface area contributed by atoms with Crippen molar-refractivity contribution in [1.82, 2.24) is 9.55 Å². The summed E-state index contributed by atoms with van der Waals surface area (Å²) in [6.45, 7) is 6.32. The lowest BCUT2D eigenvalue weighted by atomic mass is 10.2. The first-order chi connectivity index (χ1) is 9.49. The van der Waals surface area contributed by atoms with Crippen LogP contribution in [0.4, 0.5) is 5.69 Å². The number of hydrogen-bond acceptors (Lipinski definition) is 3. The van der Waals surface area contributed by atoms with E-state index in [-0.39, 0.29) is 0 Å². The summed E-state index contributed by atoms with van der Waals surface area (Å²) in [6, 6.07) is 6.12. The maximum Gasteiger partial charge on any atom is 0.153 e. The second-order valence-corrected chi connectivity index (χ2v) is 6.51. The zero-order valence-electron chi connectivity index (χ0n) is 11.6. The van der Waals surface area contributed by atoms with Gasteiger partial charge < -0.3 is 10.3 Å². The van der Waals surface area contributed by atoms with Gasteiger partial charge in [-0.1, -0.05) is 11.6 Å². The fourth-order valence-corrected chi connectivity index (χ4v) is 3.51. The highest BCUT2D eigenvalue weighted by atomic mass is 35.5. The standard InChI is InChI=1S/C15H16ClN3S/c1-8(2)19-12-5-4-10(16)6-11(12)18-15(19)14-13(17)9(3)7-20-14/h4-8H,17H2,1-3H3. The molecule has 0 aliphatic rings. The molecule has 3 aromatic rings. The van der Waals surface area contributed by atoms with Crippen molar-refractivity contribution in [1.29, 1.82) is 0 Å². The van der Waals surface area contributed by atoms with E-state index < -0.39 is 0 Å². The molecule has 0 bridgehead atoms. The third-order valence-corrected chi connectivity index (χ3v) is 4.74.